The molecule has 3 rings (SSSR count). The molecule has 1 aromatic carbocycles. The molecule has 1 N–H and O–H groups in total. The van der Waals surface area contributed by atoms with Crippen LogP contribution in [0.1, 0.15) is 15.9 Å². The smallest absolute Gasteiger partial charge is 0.387 e. The number of nitrogens with zero attached hydrogens (tertiary/aromatic N) is 2. The minimum absolute atomic E-state index is 0.0773. The van der Waals surface area contributed by atoms with Gasteiger partial charge in [-0.05, 0) is 54.2 Å². The maximum atomic E-state index is 12.5. The highest BCUT2D eigenvalue weighted by atomic mass is 32.2. The maximum Gasteiger partial charge on any atom is 0.387 e. The minimum atomic E-state index is -2.95. The van der Waals surface area contributed by atoms with Crippen molar-refractivity contribution in [3.63, 3.8) is 0 Å². The van der Waals surface area contributed by atoms with Crippen LogP contribution in [0.3, 0.4) is 0 Å². The molecule has 1 fully saturated rings. The molecule has 0 radical (unpaired) electrons. The summed E-state index contributed by atoms with van der Waals surface area (Å²) >= 11 is 6.19. The number of hydrogen-bond acceptors (Lipinski definition) is 6. The van der Waals surface area contributed by atoms with Crippen molar-refractivity contribution in [1.29, 1.82) is 0 Å². The summed E-state index contributed by atoms with van der Waals surface area (Å²) in [6.07, 6.45) is 4.82. The highest BCUT2D eigenvalue weighted by Gasteiger charge is 2.33. The number of benzene rings is 1. The second kappa shape index (κ2) is 8.23. The van der Waals surface area contributed by atoms with Crippen molar-refractivity contribution in [3.8, 4) is 5.75 Å². The number of pyridine rings is 1. The number of ether oxygens (including phenoxy) is 1. The lowest BCUT2D eigenvalue weighted by molar-refractivity contribution is -0.123. The van der Waals surface area contributed by atoms with E-state index in [-0.39, 0.29) is 15.6 Å². The molecule has 1 saturated heterocycles. The largest absolute Gasteiger partial charge is 0.435 e. The van der Waals surface area contributed by atoms with Gasteiger partial charge in [-0.25, -0.2) is 0 Å². The SMILES string of the molecule is O=C(NN1C(=O)/C(=C\c2cccnc2)SC1=S)c1ccc(OC(F)F)cc1. The number of amides is 2. The van der Waals surface area contributed by atoms with Gasteiger partial charge in [-0.1, -0.05) is 17.8 Å². The first kappa shape index (κ1) is 18.9. The number of aromatic nitrogens is 1. The van der Waals surface area contributed by atoms with Gasteiger partial charge in [0.15, 0.2) is 4.32 Å². The number of thioether (sulfide) groups is 1. The van der Waals surface area contributed by atoms with Crippen molar-refractivity contribution in [2.75, 3.05) is 0 Å². The van der Waals surface area contributed by atoms with E-state index in [4.69, 9.17) is 12.2 Å². The van der Waals surface area contributed by atoms with Crippen LogP contribution in [0.4, 0.5) is 8.78 Å². The standard InChI is InChI=1S/C17H11F2N3O3S2/c18-16(19)25-12-5-3-11(4-6-12)14(23)21-22-15(24)13(27-17(22)26)8-10-2-1-7-20-9-10/h1-9,16H,(H,21,23)/b13-8+. The highest BCUT2D eigenvalue weighted by Crippen LogP contribution is 2.31. The molecular formula is C17H11F2N3O3S2. The van der Waals surface area contributed by atoms with E-state index in [1.165, 1.54) is 24.3 Å². The Morgan fingerprint density at radius 2 is 2.04 bits per heavy atom. The predicted octanol–water partition coefficient (Wildman–Crippen LogP) is 3.23. The van der Waals surface area contributed by atoms with Gasteiger partial charge in [0.2, 0.25) is 0 Å². The van der Waals surface area contributed by atoms with E-state index < -0.39 is 18.4 Å². The number of carbonyl (C=O) groups is 2. The number of nitrogens with one attached hydrogen (secondary N) is 1. The third-order valence-corrected chi connectivity index (χ3v) is 4.63. The molecule has 27 heavy (non-hydrogen) atoms. The first-order valence-electron chi connectivity index (χ1n) is 7.48. The molecule has 1 aliphatic heterocycles. The number of hydrazine groups is 1. The fourth-order valence-electron chi connectivity index (χ4n) is 2.13. The molecule has 2 amide bonds. The lowest BCUT2D eigenvalue weighted by Crippen LogP contribution is -2.44. The van der Waals surface area contributed by atoms with Gasteiger partial charge in [0.05, 0.1) is 4.91 Å². The van der Waals surface area contributed by atoms with Gasteiger partial charge in [-0.2, -0.15) is 13.8 Å². The molecule has 0 atom stereocenters. The number of thiocarbonyl (C=S) groups is 1. The van der Waals surface area contributed by atoms with Crippen molar-refractivity contribution in [3.05, 3.63) is 64.8 Å². The van der Waals surface area contributed by atoms with Crippen molar-refractivity contribution in [2.45, 2.75) is 6.61 Å². The lowest BCUT2D eigenvalue weighted by atomic mass is 10.2. The Morgan fingerprint density at radius 3 is 2.67 bits per heavy atom. The van der Waals surface area contributed by atoms with E-state index in [9.17, 15) is 18.4 Å². The third kappa shape index (κ3) is 4.66. The summed E-state index contributed by atoms with van der Waals surface area (Å²) in [4.78, 5) is 29.1. The number of alkyl halides is 2. The topological polar surface area (TPSA) is 71.5 Å². The lowest BCUT2D eigenvalue weighted by Gasteiger charge is -2.15. The van der Waals surface area contributed by atoms with Crippen LogP contribution in [0.25, 0.3) is 6.08 Å². The maximum absolute atomic E-state index is 12.5. The molecule has 10 heteroatoms. The van der Waals surface area contributed by atoms with Gasteiger partial charge in [-0.15, -0.1) is 0 Å². The summed E-state index contributed by atoms with van der Waals surface area (Å²) in [5, 5.41) is 0.966. The third-order valence-electron chi connectivity index (χ3n) is 3.33. The van der Waals surface area contributed by atoms with Crippen LogP contribution >= 0.6 is 24.0 Å². The Morgan fingerprint density at radius 1 is 1.30 bits per heavy atom. The van der Waals surface area contributed by atoms with Gasteiger partial charge in [0.25, 0.3) is 11.8 Å². The zero-order valence-corrected chi connectivity index (χ0v) is 15.1. The molecule has 2 heterocycles. The molecule has 0 spiro atoms. The van der Waals surface area contributed by atoms with Crippen molar-refractivity contribution in [2.24, 2.45) is 0 Å². The molecule has 0 saturated carbocycles. The molecule has 6 nitrogen and oxygen atoms in total. The molecule has 0 bridgehead atoms. The second-order valence-electron chi connectivity index (χ2n) is 5.15. The number of carbonyl (C=O) groups excluding carboxylic acids is 2. The van der Waals surface area contributed by atoms with Crippen molar-refractivity contribution < 1.29 is 23.1 Å². The van der Waals surface area contributed by atoms with Gasteiger partial charge >= 0.3 is 6.61 Å². The molecular weight excluding hydrogens is 396 g/mol. The zero-order chi connectivity index (χ0) is 19.4. The average molecular weight is 407 g/mol. The van der Waals surface area contributed by atoms with Crippen LogP contribution in [-0.2, 0) is 4.79 Å². The fourth-order valence-corrected chi connectivity index (χ4v) is 3.31. The average Bonchev–Trinajstić information content (AvgIpc) is 2.90. The summed E-state index contributed by atoms with van der Waals surface area (Å²) < 4.78 is 28.7. The molecule has 2 aromatic rings. The molecule has 0 unspecified atom stereocenters. The van der Waals surface area contributed by atoms with E-state index in [0.717, 1.165) is 22.3 Å². The minimum Gasteiger partial charge on any atom is -0.435 e. The molecule has 138 valence electrons. The van der Waals surface area contributed by atoms with Crippen LogP contribution in [0.2, 0.25) is 0 Å². The highest BCUT2D eigenvalue weighted by molar-refractivity contribution is 8.26. The van der Waals surface area contributed by atoms with Crippen LogP contribution in [-0.4, -0.2) is 32.7 Å². The van der Waals surface area contributed by atoms with Crippen LogP contribution in [0.15, 0.2) is 53.7 Å². The summed E-state index contributed by atoms with van der Waals surface area (Å²) in [7, 11) is 0. The Labute approximate surface area is 162 Å². The molecule has 1 aliphatic rings. The summed E-state index contributed by atoms with van der Waals surface area (Å²) in [5.74, 6) is -1.16. The second-order valence-corrected chi connectivity index (χ2v) is 6.82. The first-order valence-corrected chi connectivity index (χ1v) is 8.70. The number of halogens is 2. The fraction of sp³-hybridized carbons (Fsp3) is 0.0588. The Kier molecular flexibility index (Phi) is 5.77. The van der Waals surface area contributed by atoms with Crippen LogP contribution in [0, 0.1) is 0 Å². The Bertz CT molecular complexity index is 905. The zero-order valence-electron chi connectivity index (χ0n) is 13.5. The Hall–Kier alpha value is -2.85. The Balaban J connectivity index is 1.70. The summed E-state index contributed by atoms with van der Waals surface area (Å²) in [5.41, 5.74) is 3.28. The monoisotopic (exact) mass is 407 g/mol. The van der Waals surface area contributed by atoms with E-state index >= 15 is 0 Å². The quantitative estimate of drug-likeness (QED) is 0.606. The van der Waals surface area contributed by atoms with Crippen LogP contribution < -0.4 is 10.2 Å². The predicted molar refractivity (Wildman–Crippen MR) is 99.8 cm³/mol. The van der Waals surface area contributed by atoms with Crippen molar-refractivity contribution in [1.82, 2.24) is 15.4 Å². The number of rotatable bonds is 5. The summed E-state index contributed by atoms with van der Waals surface area (Å²) in [6, 6.07) is 8.57. The molecule has 1 aromatic heterocycles. The normalized spacial score (nSPS) is 15.5. The van der Waals surface area contributed by atoms with E-state index in [1.807, 2.05) is 0 Å². The van der Waals surface area contributed by atoms with Crippen LogP contribution in [0.5, 0.6) is 5.75 Å². The molecule has 0 aliphatic carbocycles. The van der Waals surface area contributed by atoms with Gasteiger partial charge in [0, 0.05) is 18.0 Å². The van der Waals surface area contributed by atoms with E-state index in [1.54, 1.807) is 30.6 Å². The summed E-state index contributed by atoms with van der Waals surface area (Å²) in [6.45, 7) is -2.95. The van der Waals surface area contributed by atoms with Gasteiger partial charge in [0.1, 0.15) is 5.75 Å². The van der Waals surface area contributed by atoms with Gasteiger partial charge in [-0.3, -0.25) is 20.0 Å². The van der Waals surface area contributed by atoms with E-state index in [2.05, 4.69) is 15.1 Å². The van der Waals surface area contributed by atoms with Crippen molar-refractivity contribution >= 4 is 46.2 Å². The van der Waals surface area contributed by atoms with Gasteiger partial charge < -0.3 is 4.74 Å². The number of hydrogen-bond donors (Lipinski definition) is 1. The van der Waals surface area contributed by atoms with E-state index in [0.29, 0.717) is 4.91 Å². The first-order chi connectivity index (χ1) is 12.9.